The van der Waals surface area contributed by atoms with Crippen molar-refractivity contribution < 1.29 is 18.8 Å². The molecule has 0 spiro atoms. The van der Waals surface area contributed by atoms with E-state index >= 15 is 0 Å². The number of rotatable bonds is 6. The topological polar surface area (TPSA) is 114 Å². The first-order valence-corrected chi connectivity index (χ1v) is 11.8. The number of piperazine rings is 1. The number of hydrogen-bond acceptors (Lipinski definition) is 6. The molecule has 3 amide bonds. The zero-order valence-electron chi connectivity index (χ0n) is 19.9. The first-order chi connectivity index (χ1) is 17.5. The maximum absolute atomic E-state index is 13.4. The molecule has 1 aliphatic rings. The second-order valence-corrected chi connectivity index (χ2v) is 8.64. The molecular weight excluding hydrogens is 460 g/mol. The van der Waals surface area contributed by atoms with Gasteiger partial charge in [0.1, 0.15) is 0 Å². The van der Waals surface area contributed by atoms with Crippen LogP contribution in [0.4, 0.5) is 5.69 Å². The predicted octanol–water partition coefficient (Wildman–Crippen LogP) is 2.82. The van der Waals surface area contributed by atoms with E-state index in [-0.39, 0.29) is 17.7 Å². The molecule has 0 radical (unpaired) electrons. The molecule has 0 unspecified atom stereocenters. The molecule has 0 atom stereocenters. The maximum Gasteiger partial charge on any atom is 0.289 e. The van der Waals surface area contributed by atoms with E-state index in [9.17, 15) is 14.4 Å². The van der Waals surface area contributed by atoms with Gasteiger partial charge in [-0.1, -0.05) is 6.07 Å². The highest BCUT2D eigenvalue weighted by Gasteiger charge is 2.27. The quantitative estimate of drug-likeness (QED) is 0.448. The largest absolute Gasteiger partial charge is 0.459 e. The number of furan rings is 1. The molecule has 1 saturated heterocycles. The van der Waals surface area contributed by atoms with E-state index in [1.165, 1.54) is 13.2 Å². The van der Waals surface area contributed by atoms with Gasteiger partial charge >= 0.3 is 0 Å². The molecule has 5 rings (SSSR count). The van der Waals surface area contributed by atoms with Crippen molar-refractivity contribution in [2.45, 2.75) is 19.9 Å². The Morgan fingerprint density at radius 3 is 2.42 bits per heavy atom. The molecule has 1 N–H and O–H groups in total. The summed E-state index contributed by atoms with van der Waals surface area (Å²) in [5.41, 5.74) is 3.31. The van der Waals surface area contributed by atoms with Crippen LogP contribution < -0.4 is 5.32 Å². The van der Waals surface area contributed by atoms with Gasteiger partial charge in [-0.2, -0.15) is 0 Å². The van der Waals surface area contributed by atoms with Crippen LogP contribution in [0.25, 0.3) is 11.0 Å². The molecule has 4 heterocycles. The summed E-state index contributed by atoms with van der Waals surface area (Å²) in [5, 5.41) is 2.86. The molecule has 4 aromatic rings. The minimum atomic E-state index is -0.233. The van der Waals surface area contributed by atoms with Crippen molar-refractivity contribution in [3.8, 4) is 0 Å². The standard InChI is InChI=1S/C26H26N6O4/c1-18(33)29-22-16-19(15-21-24(22)32(17-28-21)9-7-20-5-2-3-8-27-20)25(34)30-10-12-31(13-11-30)26(35)23-6-4-14-36-23/h2-6,8,14-17H,7,9-13H2,1H3,(H,29,33). The second-order valence-electron chi connectivity index (χ2n) is 8.64. The normalized spacial score (nSPS) is 13.7. The summed E-state index contributed by atoms with van der Waals surface area (Å²) in [6.07, 6.45) is 5.64. The molecule has 0 aliphatic carbocycles. The van der Waals surface area contributed by atoms with Crippen molar-refractivity contribution in [2.75, 3.05) is 31.5 Å². The average Bonchev–Trinajstić information content (AvgIpc) is 3.58. The molecule has 1 aliphatic heterocycles. The van der Waals surface area contributed by atoms with E-state index in [4.69, 9.17) is 4.42 Å². The highest BCUT2D eigenvalue weighted by Crippen LogP contribution is 2.27. The van der Waals surface area contributed by atoms with Crippen LogP contribution in [-0.4, -0.2) is 68.2 Å². The number of amides is 3. The van der Waals surface area contributed by atoms with Crippen LogP contribution in [0.3, 0.4) is 0 Å². The highest BCUT2D eigenvalue weighted by molar-refractivity contribution is 6.05. The van der Waals surface area contributed by atoms with Gasteiger partial charge in [-0.25, -0.2) is 4.98 Å². The van der Waals surface area contributed by atoms with Gasteiger partial charge in [0.05, 0.1) is 29.3 Å². The highest BCUT2D eigenvalue weighted by atomic mass is 16.3. The van der Waals surface area contributed by atoms with Crippen LogP contribution in [0.15, 0.2) is 65.7 Å². The summed E-state index contributed by atoms with van der Waals surface area (Å²) in [7, 11) is 0. The summed E-state index contributed by atoms with van der Waals surface area (Å²) in [6.45, 7) is 3.68. The van der Waals surface area contributed by atoms with E-state index in [0.29, 0.717) is 61.7 Å². The molecule has 0 saturated carbocycles. The second kappa shape index (κ2) is 10.0. The van der Waals surface area contributed by atoms with Crippen LogP contribution >= 0.6 is 0 Å². The van der Waals surface area contributed by atoms with Gasteiger partial charge in [0.15, 0.2) is 5.76 Å². The first-order valence-electron chi connectivity index (χ1n) is 11.8. The van der Waals surface area contributed by atoms with Crippen molar-refractivity contribution in [1.82, 2.24) is 24.3 Å². The van der Waals surface area contributed by atoms with E-state index < -0.39 is 0 Å². The Kier molecular flexibility index (Phi) is 6.48. The average molecular weight is 487 g/mol. The molecule has 36 heavy (non-hydrogen) atoms. The van der Waals surface area contributed by atoms with Crippen molar-refractivity contribution in [3.05, 3.63) is 78.3 Å². The van der Waals surface area contributed by atoms with Gasteiger partial charge in [0.25, 0.3) is 11.8 Å². The fourth-order valence-electron chi connectivity index (χ4n) is 4.42. The summed E-state index contributed by atoms with van der Waals surface area (Å²) in [4.78, 5) is 50.1. The number of benzene rings is 1. The SMILES string of the molecule is CC(=O)Nc1cc(C(=O)N2CCN(C(=O)c3ccco3)CC2)cc2ncn(CCc3ccccn3)c12. The van der Waals surface area contributed by atoms with E-state index in [0.717, 1.165) is 11.2 Å². The molecule has 10 heteroatoms. The van der Waals surface area contributed by atoms with Crippen LogP contribution in [0.2, 0.25) is 0 Å². The Morgan fingerprint density at radius 1 is 0.972 bits per heavy atom. The lowest BCUT2D eigenvalue weighted by atomic mass is 10.1. The minimum absolute atomic E-state index is 0.170. The fourth-order valence-corrected chi connectivity index (χ4v) is 4.42. The van der Waals surface area contributed by atoms with Gasteiger partial charge in [-0.05, 0) is 36.4 Å². The lowest BCUT2D eigenvalue weighted by molar-refractivity contribution is -0.114. The lowest BCUT2D eigenvalue weighted by Gasteiger charge is -2.34. The number of anilines is 1. The Morgan fingerprint density at radius 2 is 1.75 bits per heavy atom. The van der Waals surface area contributed by atoms with Crippen molar-refractivity contribution >= 4 is 34.4 Å². The zero-order chi connectivity index (χ0) is 25.1. The third kappa shape index (κ3) is 4.83. The number of aryl methyl sites for hydroxylation is 2. The van der Waals surface area contributed by atoms with Crippen LogP contribution in [0, 0.1) is 0 Å². The van der Waals surface area contributed by atoms with Crippen molar-refractivity contribution in [2.24, 2.45) is 0 Å². The maximum atomic E-state index is 13.4. The monoisotopic (exact) mass is 486 g/mol. The molecule has 0 bridgehead atoms. The number of carbonyl (C=O) groups is 3. The Bertz CT molecular complexity index is 1390. The van der Waals surface area contributed by atoms with Gasteiger partial charge < -0.3 is 24.1 Å². The molecule has 1 aromatic carbocycles. The Hall–Kier alpha value is -4.47. The van der Waals surface area contributed by atoms with Gasteiger partial charge in [0, 0.05) is 63.5 Å². The Balaban J connectivity index is 1.34. The molecule has 1 fully saturated rings. The fraction of sp³-hybridized carbons (Fsp3) is 0.269. The van der Waals surface area contributed by atoms with E-state index in [1.807, 2.05) is 22.8 Å². The predicted molar refractivity (Wildman–Crippen MR) is 132 cm³/mol. The molecule has 184 valence electrons. The lowest BCUT2D eigenvalue weighted by Crippen LogP contribution is -2.50. The Labute approximate surface area is 207 Å². The number of nitrogens with one attached hydrogen (secondary N) is 1. The molecular formula is C26H26N6O4. The zero-order valence-corrected chi connectivity index (χ0v) is 19.9. The summed E-state index contributed by atoms with van der Waals surface area (Å²) in [6, 6.07) is 12.5. The number of pyridine rings is 1. The summed E-state index contributed by atoms with van der Waals surface area (Å²) in [5.74, 6) is -0.295. The smallest absolute Gasteiger partial charge is 0.289 e. The van der Waals surface area contributed by atoms with Crippen LogP contribution in [0.1, 0.15) is 33.5 Å². The number of hydrogen-bond donors (Lipinski definition) is 1. The number of aromatic nitrogens is 3. The number of nitrogens with zero attached hydrogens (tertiary/aromatic N) is 5. The van der Waals surface area contributed by atoms with E-state index in [2.05, 4.69) is 15.3 Å². The first kappa shape index (κ1) is 23.3. The number of carbonyl (C=O) groups excluding carboxylic acids is 3. The van der Waals surface area contributed by atoms with Gasteiger partial charge in [-0.15, -0.1) is 0 Å². The summed E-state index contributed by atoms with van der Waals surface area (Å²) >= 11 is 0. The minimum Gasteiger partial charge on any atom is -0.459 e. The number of fused-ring (bicyclic) bond motifs is 1. The van der Waals surface area contributed by atoms with Gasteiger partial charge in [0.2, 0.25) is 5.91 Å². The third-order valence-electron chi connectivity index (χ3n) is 6.19. The van der Waals surface area contributed by atoms with Crippen molar-refractivity contribution in [1.29, 1.82) is 0 Å². The molecule has 3 aromatic heterocycles. The summed E-state index contributed by atoms with van der Waals surface area (Å²) < 4.78 is 7.16. The van der Waals surface area contributed by atoms with Crippen molar-refractivity contribution in [3.63, 3.8) is 0 Å². The van der Waals surface area contributed by atoms with Crippen LogP contribution in [0.5, 0.6) is 0 Å². The van der Waals surface area contributed by atoms with E-state index in [1.54, 1.807) is 46.6 Å². The van der Waals surface area contributed by atoms with Gasteiger partial charge in [-0.3, -0.25) is 19.4 Å². The third-order valence-corrected chi connectivity index (χ3v) is 6.19. The molecule has 10 nitrogen and oxygen atoms in total. The number of imidazole rings is 1. The van der Waals surface area contributed by atoms with Crippen LogP contribution in [-0.2, 0) is 17.8 Å².